The molecule has 0 saturated heterocycles. The van der Waals surface area contributed by atoms with Crippen molar-refractivity contribution in [2.24, 2.45) is 0 Å². The molecular formula is C13H25N3. The SMILES string of the molecule is CCc1cc(CCCNC)nn1C(C)(C)C. The van der Waals surface area contributed by atoms with Gasteiger partial charge in [-0.2, -0.15) is 5.10 Å². The van der Waals surface area contributed by atoms with Crippen molar-refractivity contribution in [3.05, 3.63) is 17.5 Å². The Morgan fingerprint density at radius 1 is 1.38 bits per heavy atom. The number of nitrogens with zero attached hydrogens (tertiary/aromatic N) is 2. The molecule has 0 atom stereocenters. The van der Waals surface area contributed by atoms with Crippen molar-refractivity contribution >= 4 is 0 Å². The fourth-order valence-corrected chi connectivity index (χ4v) is 1.88. The van der Waals surface area contributed by atoms with Crippen LogP contribution in [0.5, 0.6) is 0 Å². The van der Waals surface area contributed by atoms with E-state index in [1.54, 1.807) is 0 Å². The van der Waals surface area contributed by atoms with Crippen LogP contribution in [0.25, 0.3) is 0 Å². The molecule has 1 heterocycles. The largest absolute Gasteiger partial charge is 0.320 e. The molecule has 0 aromatic carbocycles. The van der Waals surface area contributed by atoms with Crippen LogP contribution >= 0.6 is 0 Å². The summed E-state index contributed by atoms with van der Waals surface area (Å²) in [5.41, 5.74) is 2.65. The molecule has 92 valence electrons. The zero-order chi connectivity index (χ0) is 12.2. The van der Waals surface area contributed by atoms with Crippen molar-refractivity contribution < 1.29 is 0 Å². The number of aryl methyl sites for hydroxylation is 2. The molecule has 0 bridgehead atoms. The van der Waals surface area contributed by atoms with Gasteiger partial charge in [0.25, 0.3) is 0 Å². The average Bonchev–Trinajstić information content (AvgIpc) is 2.61. The van der Waals surface area contributed by atoms with E-state index in [1.807, 2.05) is 7.05 Å². The van der Waals surface area contributed by atoms with Crippen molar-refractivity contribution in [2.75, 3.05) is 13.6 Å². The Balaban J connectivity index is 2.78. The van der Waals surface area contributed by atoms with Crippen LogP contribution in [0.1, 0.15) is 45.5 Å². The van der Waals surface area contributed by atoms with E-state index in [2.05, 4.69) is 43.8 Å². The summed E-state index contributed by atoms with van der Waals surface area (Å²) < 4.78 is 2.17. The monoisotopic (exact) mass is 223 g/mol. The van der Waals surface area contributed by atoms with Gasteiger partial charge in [0.2, 0.25) is 0 Å². The van der Waals surface area contributed by atoms with Crippen LogP contribution in [0.15, 0.2) is 6.07 Å². The van der Waals surface area contributed by atoms with Crippen LogP contribution in [-0.4, -0.2) is 23.4 Å². The molecule has 1 aromatic heterocycles. The van der Waals surface area contributed by atoms with E-state index in [0.717, 1.165) is 25.8 Å². The topological polar surface area (TPSA) is 29.9 Å². The molecule has 3 heteroatoms. The number of hydrogen-bond acceptors (Lipinski definition) is 2. The molecule has 0 radical (unpaired) electrons. The Morgan fingerprint density at radius 2 is 2.06 bits per heavy atom. The van der Waals surface area contributed by atoms with Crippen LogP contribution in [0, 0.1) is 0 Å². The Hall–Kier alpha value is -0.830. The Kier molecular flexibility index (Phi) is 4.54. The zero-order valence-electron chi connectivity index (χ0n) is 11.3. The molecule has 0 saturated carbocycles. The number of aromatic nitrogens is 2. The third-order valence-corrected chi connectivity index (χ3v) is 2.69. The summed E-state index contributed by atoms with van der Waals surface area (Å²) in [6.45, 7) is 9.87. The number of nitrogens with one attached hydrogen (secondary N) is 1. The van der Waals surface area contributed by atoms with E-state index in [4.69, 9.17) is 5.10 Å². The number of hydrogen-bond donors (Lipinski definition) is 1. The Morgan fingerprint density at radius 3 is 2.50 bits per heavy atom. The second-order valence-electron chi connectivity index (χ2n) is 5.27. The summed E-state index contributed by atoms with van der Waals surface area (Å²) in [4.78, 5) is 0. The van der Waals surface area contributed by atoms with E-state index in [-0.39, 0.29) is 5.54 Å². The third kappa shape index (κ3) is 3.34. The molecule has 0 aliphatic carbocycles. The van der Waals surface area contributed by atoms with Gasteiger partial charge in [0.1, 0.15) is 0 Å². The molecular weight excluding hydrogens is 198 g/mol. The first kappa shape index (κ1) is 13.2. The molecule has 1 aromatic rings. The van der Waals surface area contributed by atoms with Crippen molar-refractivity contribution in [1.29, 1.82) is 0 Å². The first-order chi connectivity index (χ1) is 7.49. The highest BCUT2D eigenvalue weighted by Gasteiger charge is 2.18. The lowest BCUT2D eigenvalue weighted by molar-refractivity contribution is 0.342. The minimum atomic E-state index is 0.0899. The van der Waals surface area contributed by atoms with Gasteiger partial charge in [-0.05, 0) is 59.7 Å². The maximum absolute atomic E-state index is 4.71. The van der Waals surface area contributed by atoms with Crippen LogP contribution < -0.4 is 5.32 Å². The fraction of sp³-hybridized carbons (Fsp3) is 0.769. The third-order valence-electron chi connectivity index (χ3n) is 2.69. The summed E-state index contributed by atoms with van der Waals surface area (Å²) in [6.07, 6.45) is 3.27. The highest BCUT2D eigenvalue weighted by Crippen LogP contribution is 2.18. The highest BCUT2D eigenvalue weighted by molar-refractivity contribution is 5.12. The number of rotatable bonds is 5. The summed E-state index contributed by atoms with van der Waals surface area (Å²) in [5, 5.41) is 7.88. The zero-order valence-corrected chi connectivity index (χ0v) is 11.3. The second kappa shape index (κ2) is 5.48. The summed E-state index contributed by atoms with van der Waals surface area (Å²) in [5.74, 6) is 0. The first-order valence-electron chi connectivity index (χ1n) is 6.22. The van der Waals surface area contributed by atoms with Crippen molar-refractivity contribution in [2.45, 2.75) is 52.5 Å². The van der Waals surface area contributed by atoms with Crippen LogP contribution in [0.2, 0.25) is 0 Å². The normalized spacial score (nSPS) is 12.1. The lowest BCUT2D eigenvalue weighted by Gasteiger charge is -2.22. The molecule has 0 spiro atoms. The molecule has 1 N–H and O–H groups in total. The molecule has 0 unspecified atom stereocenters. The van der Waals surface area contributed by atoms with Gasteiger partial charge in [0.15, 0.2) is 0 Å². The van der Waals surface area contributed by atoms with Gasteiger partial charge >= 0.3 is 0 Å². The molecule has 1 rings (SSSR count). The summed E-state index contributed by atoms with van der Waals surface area (Å²) >= 11 is 0. The van der Waals surface area contributed by atoms with E-state index in [1.165, 1.54) is 11.4 Å². The average molecular weight is 223 g/mol. The maximum atomic E-state index is 4.71. The van der Waals surface area contributed by atoms with Gasteiger partial charge < -0.3 is 5.32 Å². The van der Waals surface area contributed by atoms with E-state index < -0.39 is 0 Å². The molecule has 0 aliphatic rings. The van der Waals surface area contributed by atoms with Crippen LogP contribution in [-0.2, 0) is 18.4 Å². The fourth-order valence-electron chi connectivity index (χ4n) is 1.88. The van der Waals surface area contributed by atoms with E-state index in [0.29, 0.717) is 0 Å². The molecule has 16 heavy (non-hydrogen) atoms. The quantitative estimate of drug-likeness (QED) is 0.777. The van der Waals surface area contributed by atoms with Gasteiger partial charge in [-0.3, -0.25) is 4.68 Å². The van der Waals surface area contributed by atoms with E-state index >= 15 is 0 Å². The van der Waals surface area contributed by atoms with Gasteiger partial charge in [-0.25, -0.2) is 0 Å². The van der Waals surface area contributed by atoms with Gasteiger partial charge in [-0.1, -0.05) is 6.92 Å². The standard InChI is InChI=1S/C13H25N3/c1-6-12-10-11(8-7-9-14-5)15-16(12)13(2,3)4/h10,14H,6-9H2,1-5H3. The predicted octanol–water partition coefficient (Wildman–Crippen LogP) is 2.35. The smallest absolute Gasteiger partial charge is 0.0628 e. The van der Waals surface area contributed by atoms with Gasteiger partial charge in [0.05, 0.1) is 11.2 Å². The van der Waals surface area contributed by atoms with Crippen LogP contribution in [0.3, 0.4) is 0 Å². The van der Waals surface area contributed by atoms with Gasteiger partial charge in [-0.15, -0.1) is 0 Å². The molecule has 0 amide bonds. The lowest BCUT2D eigenvalue weighted by Crippen LogP contribution is -2.25. The minimum Gasteiger partial charge on any atom is -0.320 e. The maximum Gasteiger partial charge on any atom is 0.0628 e. The second-order valence-corrected chi connectivity index (χ2v) is 5.27. The predicted molar refractivity (Wildman–Crippen MR) is 68.8 cm³/mol. The minimum absolute atomic E-state index is 0.0899. The van der Waals surface area contributed by atoms with Crippen LogP contribution in [0.4, 0.5) is 0 Å². The first-order valence-corrected chi connectivity index (χ1v) is 6.22. The molecule has 0 fully saturated rings. The lowest BCUT2D eigenvalue weighted by atomic mass is 10.1. The molecule has 3 nitrogen and oxygen atoms in total. The van der Waals surface area contributed by atoms with Crippen molar-refractivity contribution in [3.8, 4) is 0 Å². The highest BCUT2D eigenvalue weighted by atomic mass is 15.3. The summed E-state index contributed by atoms with van der Waals surface area (Å²) in [7, 11) is 1.99. The summed E-state index contributed by atoms with van der Waals surface area (Å²) in [6, 6.07) is 2.25. The van der Waals surface area contributed by atoms with Crippen molar-refractivity contribution in [1.82, 2.24) is 15.1 Å². The Bertz CT molecular complexity index is 320. The van der Waals surface area contributed by atoms with Crippen molar-refractivity contribution in [3.63, 3.8) is 0 Å². The van der Waals surface area contributed by atoms with Gasteiger partial charge in [0, 0.05) is 5.69 Å². The van der Waals surface area contributed by atoms with E-state index in [9.17, 15) is 0 Å². The molecule has 0 aliphatic heterocycles. The Labute approximate surface area is 99.2 Å².